The van der Waals surface area contributed by atoms with Crippen molar-refractivity contribution < 1.29 is 0 Å². The Bertz CT molecular complexity index is 335. The second-order valence-electron chi connectivity index (χ2n) is 6.87. The summed E-state index contributed by atoms with van der Waals surface area (Å²) in [5.41, 5.74) is 1.93. The first kappa shape index (κ1) is 15.2. The zero-order valence-corrected chi connectivity index (χ0v) is 16.9. The van der Waals surface area contributed by atoms with Crippen molar-refractivity contribution >= 4 is 41.6 Å². The second-order valence-corrected chi connectivity index (χ2v) is 39.4. The van der Waals surface area contributed by atoms with E-state index in [-0.39, 0.29) is 15.3 Å². The third-order valence-electron chi connectivity index (χ3n) is 6.21. The molecule has 94 valence electrons. The zero-order chi connectivity index (χ0) is 12.9. The number of rotatable bonds is 1. The van der Waals surface area contributed by atoms with Gasteiger partial charge in [-0.3, -0.25) is 0 Å². The van der Waals surface area contributed by atoms with Crippen LogP contribution in [0.25, 0.3) is 0 Å². The lowest BCUT2D eigenvalue weighted by Gasteiger charge is -2.56. The lowest BCUT2D eigenvalue weighted by molar-refractivity contribution is 0.625. The minimum atomic E-state index is -1.21. The number of hydrogen-bond acceptors (Lipinski definition) is 0. The lowest BCUT2D eigenvalue weighted by Crippen LogP contribution is -2.72. The van der Waals surface area contributed by atoms with Crippen molar-refractivity contribution in [3.05, 3.63) is 0 Å². The van der Waals surface area contributed by atoms with Crippen molar-refractivity contribution in [3.8, 4) is 0 Å². The van der Waals surface area contributed by atoms with Crippen LogP contribution in [0, 0.1) is 0 Å². The Balaban J connectivity index is 3.51. The van der Waals surface area contributed by atoms with Gasteiger partial charge in [-0.1, -0.05) is 53.5 Å². The van der Waals surface area contributed by atoms with E-state index in [0.717, 1.165) is 11.0 Å². The quantitative estimate of drug-likeness (QED) is 0.502. The molecular weight excluding hydrogens is 280 g/mol. The fourth-order valence-corrected chi connectivity index (χ4v) is 66.0. The fourth-order valence-electron chi connectivity index (χ4n) is 3.33. The highest BCUT2D eigenvalue weighted by molar-refractivity contribution is 7.69. The summed E-state index contributed by atoms with van der Waals surface area (Å²) in [5.74, 6) is 0. The van der Waals surface area contributed by atoms with Gasteiger partial charge in [0.1, 0.15) is 0 Å². The molecule has 0 saturated carbocycles. The van der Waals surface area contributed by atoms with Gasteiger partial charge in [0.05, 0.1) is 7.59 Å². The van der Waals surface area contributed by atoms with E-state index >= 15 is 0 Å². The largest absolute Gasteiger partial charge is 0.130 e. The van der Waals surface area contributed by atoms with Crippen LogP contribution in [-0.2, 0) is 0 Å². The zero-order valence-electron chi connectivity index (χ0n) is 12.2. The molecule has 1 heterocycles. The molecule has 0 aromatic carbocycles. The van der Waals surface area contributed by atoms with Crippen molar-refractivity contribution in [3.63, 3.8) is 0 Å². The van der Waals surface area contributed by atoms with Crippen LogP contribution in [-0.4, -0.2) is 35.5 Å². The van der Waals surface area contributed by atoms with Crippen molar-refractivity contribution in [1.29, 1.82) is 0 Å². The summed E-state index contributed by atoms with van der Waals surface area (Å²) in [4.78, 5) is 0. The van der Waals surface area contributed by atoms with E-state index in [1.54, 1.807) is 0 Å². The summed E-state index contributed by atoms with van der Waals surface area (Å²) in [6, 6.07) is 0. The topological polar surface area (TPSA) is 0 Å². The molecule has 0 aromatic heterocycles. The van der Waals surface area contributed by atoms with E-state index in [0.29, 0.717) is 5.04 Å². The first-order valence-electron chi connectivity index (χ1n) is 6.28. The Hall–Kier alpha value is 1.16. The molecule has 16 heavy (non-hydrogen) atoms. The smallest absolute Gasteiger partial charge is 0.0645 e. The van der Waals surface area contributed by atoms with Crippen LogP contribution in [0.4, 0.5) is 0 Å². The highest BCUT2D eigenvalue weighted by atomic mass is 35.5. The maximum absolute atomic E-state index is 6.47. The summed E-state index contributed by atoms with van der Waals surface area (Å²) in [6.45, 7) is 20.9. The number of hydrogen-bond donors (Lipinski definition) is 0. The maximum atomic E-state index is 6.47. The molecule has 0 bridgehead atoms. The molecule has 0 amide bonds. The third kappa shape index (κ3) is 1.79. The highest BCUT2D eigenvalue weighted by Gasteiger charge is 2.57. The average molecular weight is 307 g/mol. The molecular formula is C11H27ClSi4. The Morgan fingerprint density at radius 1 is 1.19 bits per heavy atom. The van der Waals surface area contributed by atoms with Gasteiger partial charge in [-0.25, -0.2) is 0 Å². The van der Waals surface area contributed by atoms with Gasteiger partial charge >= 0.3 is 0 Å². The Morgan fingerprint density at radius 2 is 1.62 bits per heavy atom. The van der Waals surface area contributed by atoms with Gasteiger partial charge in [0.25, 0.3) is 0 Å². The van der Waals surface area contributed by atoms with E-state index in [1.807, 2.05) is 0 Å². The predicted octanol–water partition coefficient (Wildman–Crippen LogP) is 4.22. The van der Waals surface area contributed by atoms with E-state index in [1.165, 1.54) is 0 Å². The monoisotopic (exact) mass is 306 g/mol. The van der Waals surface area contributed by atoms with Crippen LogP contribution in [0.1, 0.15) is 20.8 Å². The minimum absolute atomic E-state index is 0.0861. The van der Waals surface area contributed by atoms with E-state index in [9.17, 15) is 0 Å². The maximum Gasteiger partial charge on any atom is 0.0645 e. The van der Waals surface area contributed by atoms with Gasteiger partial charge in [0.2, 0.25) is 0 Å². The Kier molecular flexibility index (Phi) is 4.15. The van der Waals surface area contributed by atoms with Gasteiger partial charge in [0, 0.05) is 12.6 Å². The summed E-state index contributed by atoms with van der Waals surface area (Å²) in [6.07, 6.45) is 0. The molecule has 2 atom stereocenters. The van der Waals surface area contributed by atoms with Crippen molar-refractivity contribution in [2.75, 3.05) is 5.50 Å². The molecule has 5 heteroatoms. The summed E-state index contributed by atoms with van der Waals surface area (Å²) in [5, 5.41) is 0.617. The van der Waals surface area contributed by atoms with Gasteiger partial charge in [-0.15, -0.1) is 11.6 Å². The molecule has 1 rings (SSSR count). The molecule has 0 radical (unpaired) electrons. The fraction of sp³-hybridized carbons (Fsp3) is 1.00. The molecule has 0 fully saturated rings. The van der Waals surface area contributed by atoms with Crippen LogP contribution in [0.3, 0.4) is 0 Å². The number of alkyl halides is 1. The summed E-state index contributed by atoms with van der Waals surface area (Å²) < 4.78 is 0. The van der Waals surface area contributed by atoms with Gasteiger partial charge in [-0.05, 0) is 25.9 Å². The second kappa shape index (κ2) is 4.37. The molecule has 0 spiro atoms. The molecule has 1 aliphatic rings. The molecule has 0 aliphatic carbocycles. The minimum Gasteiger partial charge on any atom is -0.130 e. The van der Waals surface area contributed by atoms with Gasteiger partial charge in [-0.2, -0.15) is 0 Å². The normalized spacial score (nSPS) is 37.7. The first-order valence-corrected chi connectivity index (χ1v) is 19.6. The Labute approximate surface area is 111 Å². The summed E-state index contributed by atoms with van der Waals surface area (Å²) in [7, 11) is -2.44. The number of halogens is 1. The van der Waals surface area contributed by atoms with Crippen molar-refractivity contribution in [2.45, 2.75) is 64.1 Å². The predicted molar refractivity (Wildman–Crippen MR) is 86.5 cm³/mol. The SMILES string of the molecule is CC1C(C)(C)[Si](C)=[Si](C)[Si](C)(C)[Si]1(C)CCl. The molecule has 2 unspecified atom stereocenters. The summed E-state index contributed by atoms with van der Waals surface area (Å²) >= 11 is 6.47. The molecule has 0 nitrogen and oxygen atoms in total. The average Bonchev–Trinajstić information content (AvgIpc) is 2.22. The molecule has 0 aromatic rings. The van der Waals surface area contributed by atoms with Crippen LogP contribution in [0.2, 0.25) is 43.3 Å². The molecule has 0 saturated heterocycles. The first-order chi connectivity index (χ1) is 7.03. The van der Waals surface area contributed by atoms with Gasteiger partial charge < -0.3 is 0 Å². The van der Waals surface area contributed by atoms with Crippen LogP contribution in [0.5, 0.6) is 0 Å². The highest BCUT2D eigenvalue weighted by Crippen LogP contribution is 2.52. The van der Waals surface area contributed by atoms with Crippen molar-refractivity contribution in [1.82, 2.24) is 0 Å². The molecule has 0 N–H and O–H groups in total. The van der Waals surface area contributed by atoms with Crippen LogP contribution in [0.15, 0.2) is 0 Å². The van der Waals surface area contributed by atoms with Crippen LogP contribution < -0.4 is 0 Å². The van der Waals surface area contributed by atoms with Gasteiger partial charge in [0.15, 0.2) is 0 Å². The van der Waals surface area contributed by atoms with Crippen molar-refractivity contribution in [2.24, 2.45) is 0 Å². The van der Waals surface area contributed by atoms with Crippen LogP contribution >= 0.6 is 11.6 Å². The lowest BCUT2D eigenvalue weighted by atomic mass is 10.1. The molecule has 1 aliphatic heterocycles. The van der Waals surface area contributed by atoms with E-state index in [4.69, 9.17) is 11.6 Å². The third-order valence-corrected chi connectivity index (χ3v) is 61.3. The van der Waals surface area contributed by atoms with E-state index in [2.05, 4.69) is 53.5 Å². The Morgan fingerprint density at radius 3 is 2.00 bits per heavy atom. The standard InChI is InChI=1S/C11H27ClSi4/c1-10-11(2,3)13(4)14(5)15(6,7)16(10,8)9-12/h10H,9H2,1-8H3. The van der Waals surface area contributed by atoms with E-state index < -0.39 is 14.7 Å².